The van der Waals surface area contributed by atoms with Gasteiger partial charge in [-0.25, -0.2) is 0 Å². The van der Waals surface area contributed by atoms with Crippen LogP contribution < -0.4 is 0 Å². The van der Waals surface area contributed by atoms with Crippen LogP contribution in [0.15, 0.2) is 36.4 Å². The van der Waals surface area contributed by atoms with Crippen molar-refractivity contribution in [2.24, 2.45) is 5.92 Å². The van der Waals surface area contributed by atoms with Gasteiger partial charge in [0.05, 0.1) is 12.0 Å². The minimum absolute atomic E-state index is 0.00630. The molecule has 0 saturated carbocycles. The lowest BCUT2D eigenvalue weighted by atomic mass is 9.70. The van der Waals surface area contributed by atoms with Gasteiger partial charge in [0.15, 0.2) is 0 Å². The topological polar surface area (TPSA) is 37.3 Å². The van der Waals surface area contributed by atoms with Crippen molar-refractivity contribution >= 4 is 17.9 Å². The fraction of sp³-hybridized carbons (Fsp3) is 0.400. The molecular formula is C15H19ClO2. The van der Waals surface area contributed by atoms with E-state index in [0.717, 1.165) is 11.8 Å². The van der Waals surface area contributed by atoms with Gasteiger partial charge in [0.25, 0.3) is 0 Å². The summed E-state index contributed by atoms with van der Waals surface area (Å²) >= 11 is 5.88. The molecule has 0 aliphatic heterocycles. The first-order valence-corrected chi connectivity index (χ1v) is 6.43. The average molecular weight is 267 g/mol. The number of allylic oxidation sites excluding steroid dienone is 1. The second-order valence-electron chi connectivity index (χ2n) is 4.68. The molecule has 2 nitrogen and oxygen atoms in total. The number of hydrogen-bond acceptors (Lipinski definition) is 2. The molecule has 0 radical (unpaired) electrons. The number of benzene rings is 1. The summed E-state index contributed by atoms with van der Waals surface area (Å²) in [7, 11) is 0. The third-order valence-corrected chi connectivity index (χ3v) is 3.60. The molecule has 0 amide bonds. The standard InChI is InChI=1S/C15H19ClO2/c1-12(2)15(11-18,9-3-4-10-17)13-5-7-14(16)8-6-13/h3-8,11-12,17H,9-10H2,1-2H3/b4-3+. The van der Waals surface area contributed by atoms with E-state index in [9.17, 15) is 4.79 Å². The van der Waals surface area contributed by atoms with Crippen LogP contribution in [0.25, 0.3) is 0 Å². The summed E-state index contributed by atoms with van der Waals surface area (Å²) in [6.07, 6.45) is 5.10. The maximum atomic E-state index is 11.6. The second kappa shape index (κ2) is 6.72. The summed E-state index contributed by atoms with van der Waals surface area (Å²) in [6.45, 7) is 4.04. The van der Waals surface area contributed by atoms with Crippen molar-refractivity contribution in [2.75, 3.05) is 6.61 Å². The Kier molecular flexibility index (Phi) is 5.57. The summed E-state index contributed by atoms with van der Waals surface area (Å²) in [6, 6.07) is 7.38. The molecule has 3 heteroatoms. The van der Waals surface area contributed by atoms with Gasteiger partial charge in [-0.1, -0.05) is 49.7 Å². The Morgan fingerprint density at radius 3 is 2.33 bits per heavy atom. The van der Waals surface area contributed by atoms with Crippen LogP contribution in [0.5, 0.6) is 0 Å². The number of rotatable bonds is 6. The van der Waals surface area contributed by atoms with Crippen molar-refractivity contribution in [3.8, 4) is 0 Å². The monoisotopic (exact) mass is 266 g/mol. The quantitative estimate of drug-likeness (QED) is 0.633. The van der Waals surface area contributed by atoms with Gasteiger partial charge >= 0.3 is 0 Å². The van der Waals surface area contributed by atoms with Crippen LogP contribution in [0.4, 0.5) is 0 Å². The van der Waals surface area contributed by atoms with E-state index in [1.165, 1.54) is 0 Å². The zero-order chi connectivity index (χ0) is 13.6. The van der Waals surface area contributed by atoms with Crippen molar-refractivity contribution in [2.45, 2.75) is 25.7 Å². The Bertz CT molecular complexity index is 409. The predicted molar refractivity (Wildman–Crippen MR) is 74.9 cm³/mol. The molecule has 0 saturated heterocycles. The molecular weight excluding hydrogens is 248 g/mol. The highest BCUT2D eigenvalue weighted by Crippen LogP contribution is 2.35. The molecule has 0 aliphatic carbocycles. The van der Waals surface area contributed by atoms with Crippen molar-refractivity contribution < 1.29 is 9.90 Å². The van der Waals surface area contributed by atoms with Crippen LogP contribution in [-0.2, 0) is 10.2 Å². The highest BCUT2D eigenvalue weighted by Gasteiger charge is 2.34. The third-order valence-electron chi connectivity index (χ3n) is 3.35. The molecule has 1 aromatic carbocycles. The highest BCUT2D eigenvalue weighted by atomic mass is 35.5. The van der Waals surface area contributed by atoms with Gasteiger partial charge in [0.1, 0.15) is 6.29 Å². The van der Waals surface area contributed by atoms with E-state index >= 15 is 0 Å². The van der Waals surface area contributed by atoms with E-state index < -0.39 is 5.41 Å². The predicted octanol–water partition coefficient (Wildman–Crippen LogP) is 3.37. The van der Waals surface area contributed by atoms with Crippen LogP contribution in [0, 0.1) is 5.92 Å². The molecule has 0 spiro atoms. The number of carbonyl (C=O) groups is 1. The molecule has 1 aromatic rings. The van der Waals surface area contributed by atoms with Crippen molar-refractivity contribution in [1.82, 2.24) is 0 Å². The SMILES string of the molecule is CC(C)C(C=O)(C/C=C/CO)c1ccc(Cl)cc1. The van der Waals surface area contributed by atoms with Gasteiger partial charge in [0.2, 0.25) is 0 Å². The van der Waals surface area contributed by atoms with Gasteiger partial charge in [-0.15, -0.1) is 0 Å². The van der Waals surface area contributed by atoms with Gasteiger partial charge in [-0.05, 0) is 30.0 Å². The third kappa shape index (κ3) is 3.21. The summed E-state index contributed by atoms with van der Waals surface area (Å²) in [5.41, 5.74) is 0.399. The van der Waals surface area contributed by atoms with E-state index in [-0.39, 0.29) is 12.5 Å². The molecule has 0 bridgehead atoms. The molecule has 18 heavy (non-hydrogen) atoms. The Morgan fingerprint density at radius 2 is 1.89 bits per heavy atom. The lowest BCUT2D eigenvalue weighted by Crippen LogP contribution is -2.33. The zero-order valence-electron chi connectivity index (χ0n) is 10.8. The van der Waals surface area contributed by atoms with Crippen LogP contribution in [0.3, 0.4) is 0 Å². The van der Waals surface area contributed by atoms with E-state index in [4.69, 9.17) is 16.7 Å². The van der Waals surface area contributed by atoms with E-state index in [2.05, 4.69) is 0 Å². The molecule has 1 N–H and O–H groups in total. The number of carbonyl (C=O) groups excluding carboxylic acids is 1. The number of aliphatic hydroxyl groups excluding tert-OH is 1. The molecule has 0 fully saturated rings. The van der Waals surface area contributed by atoms with Gasteiger partial charge in [0, 0.05) is 5.02 Å². The first-order valence-electron chi connectivity index (χ1n) is 6.05. The Labute approximate surface area is 113 Å². The molecule has 1 rings (SSSR count). The summed E-state index contributed by atoms with van der Waals surface area (Å²) in [4.78, 5) is 11.6. The van der Waals surface area contributed by atoms with Gasteiger partial charge in [-0.2, -0.15) is 0 Å². The van der Waals surface area contributed by atoms with Gasteiger partial charge < -0.3 is 9.90 Å². The lowest BCUT2D eigenvalue weighted by molar-refractivity contribution is -0.114. The van der Waals surface area contributed by atoms with Crippen LogP contribution in [0.2, 0.25) is 5.02 Å². The number of halogens is 1. The van der Waals surface area contributed by atoms with Crippen LogP contribution in [-0.4, -0.2) is 18.0 Å². The Morgan fingerprint density at radius 1 is 1.28 bits per heavy atom. The molecule has 0 aromatic heterocycles. The van der Waals surface area contributed by atoms with Crippen LogP contribution >= 0.6 is 11.6 Å². The largest absolute Gasteiger partial charge is 0.392 e. The zero-order valence-corrected chi connectivity index (χ0v) is 11.5. The molecule has 1 atom stereocenters. The number of aliphatic hydroxyl groups is 1. The smallest absolute Gasteiger partial charge is 0.131 e. The minimum atomic E-state index is -0.559. The van der Waals surface area contributed by atoms with E-state index in [0.29, 0.717) is 11.4 Å². The molecule has 0 heterocycles. The summed E-state index contributed by atoms with van der Waals surface area (Å²) in [5, 5.41) is 9.45. The first-order chi connectivity index (χ1) is 8.56. The van der Waals surface area contributed by atoms with Crippen molar-refractivity contribution in [3.05, 3.63) is 47.0 Å². The second-order valence-corrected chi connectivity index (χ2v) is 5.11. The Hall–Kier alpha value is -1.12. The van der Waals surface area contributed by atoms with E-state index in [1.807, 2.05) is 32.1 Å². The molecule has 1 unspecified atom stereocenters. The van der Waals surface area contributed by atoms with Crippen molar-refractivity contribution in [3.63, 3.8) is 0 Å². The maximum absolute atomic E-state index is 11.6. The summed E-state index contributed by atoms with van der Waals surface area (Å²) < 4.78 is 0. The Balaban J connectivity index is 3.14. The molecule has 98 valence electrons. The summed E-state index contributed by atoms with van der Waals surface area (Å²) in [5.74, 6) is 0.166. The van der Waals surface area contributed by atoms with E-state index in [1.54, 1.807) is 18.2 Å². The fourth-order valence-corrected chi connectivity index (χ4v) is 2.18. The van der Waals surface area contributed by atoms with Crippen molar-refractivity contribution in [1.29, 1.82) is 0 Å². The fourth-order valence-electron chi connectivity index (χ4n) is 2.05. The van der Waals surface area contributed by atoms with Crippen LogP contribution in [0.1, 0.15) is 25.8 Å². The molecule has 0 aliphatic rings. The normalized spacial score (nSPS) is 14.9. The minimum Gasteiger partial charge on any atom is -0.392 e. The number of hydrogen-bond donors (Lipinski definition) is 1. The highest BCUT2D eigenvalue weighted by molar-refractivity contribution is 6.30. The van der Waals surface area contributed by atoms with Gasteiger partial charge in [-0.3, -0.25) is 0 Å². The average Bonchev–Trinajstić information content (AvgIpc) is 2.36. The maximum Gasteiger partial charge on any atom is 0.131 e. The lowest BCUT2D eigenvalue weighted by Gasteiger charge is -2.32. The first kappa shape index (κ1) is 14.9. The number of aldehydes is 1.